The Balaban J connectivity index is 2.48. The number of carboxylic acid groups (broad SMARTS) is 1. The van der Waals surface area contributed by atoms with Gasteiger partial charge in [-0.25, -0.2) is 9.59 Å². The van der Waals surface area contributed by atoms with Crippen molar-refractivity contribution in [3.05, 3.63) is 35.9 Å². The number of hydrogen-bond donors (Lipinski definition) is 2. The first-order valence-electron chi connectivity index (χ1n) is 5.88. The van der Waals surface area contributed by atoms with E-state index >= 15 is 0 Å². The molecule has 0 aromatic heterocycles. The lowest BCUT2D eigenvalue weighted by molar-refractivity contribution is -0.138. The minimum atomic E-state index is -1.22. The summed E-state index contributed by atoms with van der Waals surface area (Å²) in [5, 5.41) is 11.5. The molecule has 0 aliphatic rings. The summed E-state index contributed by atoms with van der Waals surface area (Å²) in [7, 11) is -1.22. The second kappa shape index (κ2) is 7.54. The number of hydrogen-bond acceptors (Lipinski definition) is 3. The maximum Gasteiger partial charge on any atom is 0.408 e. The van der Waals surface area contributed by atoms with E-state index in [2.05, 4.69) is 20.1 Å². The van der Waals surface area contributed by atoms with Crippen molar-refractivity contribution in [3.63, 3.8) is 0 Å². The minimum absolute atomic E-state index is 0.115. The van der Waals surface area contributed by atoms with Crippen LogP contribution in [-0.2, 0) is 16.1 Å². The summed E-state index contributed by atoms with van der Waals surface area (Å²) in [5.74, 6) is -0.732. The summed E-state index contributed by atoms with van der Waals surface area (Å²) in [5.41, 5.74) is 0.848. The van der Waals surface area contributed by atoms with Crippen LogP contribution in [-0.4, -0.2) is 41.5 Å². The lowest BCUT2D eigenvalue weighted by Gasteiger charge is -2.26. The molecule has 112 valence electrons. The van der Waals surface area contributed by atoms with Crippen LogP contribution in [0.2, 0.25) is 0 Å². The Labute approximate surface area is 127 Å². The van der Waals surface area contributed by atoms with E-state index in [1.165, 1.54) is 0 Å². The van der Waals surface area contributed by atoms with Crippen LogP contribution in [0.4, 0.5) is 4.79 Å². The molecule has 5 nitrogen and oxygen atoms in total. The number of aliphatic carboxylic acids is 1. The molecule has 1 aromatic rings. The normalized spacial score (nSPS) is 13.3. The number of carbonyl (C=O) groups is 2. The number of rotatable bonds is 6. The second-order valence-corrected chi connectivity index (χ2v) is 13.1. The highest BCUT2D eigenvalue weighted by Crippen LogP contribution is 2.48. The average molecular weight is 364 g/mol. The van der Waals surface area contributed by atoms with Gasteiger partial charge in [0.25, 0.3) is 0 Å². The van der Waals surface area contributed by atoms with E-state index in [4.69, 9.17) is 9.84 Å². The van der Waals surface area contributed by atoms with E-state index < -0.39 is 26.6 Å². The molecule has 1 atom stereocenters. The maximum absolute atomic E-state index is 11.6. The Morgan fingerprint density at radius 2 is 1.95 bits per heavy atom. The van der Waals surface area contributed by atoms with Crippen LogP contribution < -0.4 is 5.32 Å². The van der Waals surface area contributed by atoms with Crippen LogP contribution in [0.5, 0.6) is 0 Å². The van der Waals surface area contributed by atoms with Crippen LogP contribution in [0, 0.1) is 0 Å². The summed E-state index contributed by atoms with van der Waals surface area (Å²) >= 11 is 3.44. The molecule has 2 N–H and O–H groups in total. The molecular formula is C13H18BrNO4S. The molecule has 1 aromatic carbocycles. The molecule has 0 fully saturated rings. The zero-order chi connectivity index (χ0) is 15.2. The number of carboxylic acids is 1. The summed E-state index contributed by atoms with van der Waals surface area (Å²) in [6, 6.07) is 8.25. The van der Waals surface area contributed by atoms with Crippen molar-refractivity contribution in [2.45, 2.75) is 12.6 Å². The molecule has 0 spiro atoms. The molecule has 0 aliphatic heterocycles. The van der Waals surface area contributed by atoms with E-state index in [1.807, 2.05) is 42.8 Å². The number of amides is 1. The summed E-state index contributed by atoms with van der Waals surface area (Å²) in [4.78, 5) is 22.7. The molecule has 0 bridgehead atoms. The molecule has 0 heterocycles. The minimum Gasteiger partial charge on any atom is -0.480 e. The van der Waals surface area contributed by atoms with Gasteiger partial charge < -0.3 is 15.2 Å². The number of ether oxygens (including phenoxy) is 1. The van der Waals surface area contributed by atoms with Gasteiger partial charge in [-0.05, 0) is 32.9 Å². The van der Waals surface area contributed by atoms with E-state index in [0.29, 0.717) is 5.75 Å². The van der Waals surface area contributed by atoms with Crippen molar-refractivity contribution in [1.29, 1.82) is 0 Å². The second-order valence-electron chi connectivity index (χ2n) is 4.67. The monoisotopic (exact) mass is 363 g/mol. The van der Waals surface area contributed by atoms with Gasteiger partial charge in [0, 0.05) is 5.75 Å². The van der Waals surface area contributed by atoms with Crippen molar-refractivity contribution >= 4 is 35.3 Å². The molecule has 1 unspecified atom stereocenters. The van der Waals surface area contributed by atoms with Gasteiger partial charge in [-0.3, -0.25) is 0 Å². The zero-order valence-corrected chi connectivity index (χ0v) is 13.7. The van der Waals surface area contributed by atoms with Gasteiger partial charge in [0.1, 0.15) is 12.6 Å². The summed E-state index contributed by atoms with van der Waals surface area (Å²) in [6.45, 7) is 0.115. The molecule has 1 amide bonds. The largest absolute Gasteiger partial charge is 0.480 e. The number of nitrogens with one attached hydrogen (secondary N) is 1. The first-order chi connectivity index (χ1) is 9.28. The molecule has 0 saturated heterocycles. The molecular weight excluding hydrogens is 346 g/mol. The standard InChI is InChI=1S/C13H18BrNO4S/c1-20(2,14)9-11(12(16)17)15-13(18)19-8-10-6-4-3-5-7-10/h3-7,11H,8-9H2,1-2H3,(H,15,18)(H,16,17). The van der Waals surface area contributed by atoms with Gasteiger partial charge in [0.05, 0.1) is 0 Å². The van der Waals surface area contributed by atoms with E-state index in [9.17, 15) is 9.59 Å². The van der Waals surface area contributed by atoms with Crippen LogP contribution >= 0.6 is 23.3 Å². The topological polar surface area (TPSA) is 75.6 Å². The van der Waals surface area contributed by atoms with E-state index in [1.54, 1.807) is 0 Å². The highest BCUT2D eigenvalue weighted by molar-refractivity contribution is 9.58. The summed E-state index contributed by atoms with van der Waals surface area (Å²) in [6.07, 6.45) is 3.11. The molecule has 0 saturated carbocycles. The number of benzene rings is 1. The Hall–Kier alpha value is -1.21. The van der Waals surface area contributed by atoms with Gasteiger partial charge in [-0.1, -0.05) is 30.3 Å². The van der Waals surface area contributed by atoms with E-state index in [0.717, 1.165) is 5.56 Å². The van der Waals surface area contributed by atoms with E-state index in [-0.39, 0.29) is 6.61 Å². The van der Waals surface area contributed by atoms with Gasteiger partial charge in [0.15, 0.2) is 0 Å². The molecule has 1 rings (SSSR count). The SMILES string of the molecule is CS(C)(Br)CC(NC(=O)OCc1ccccc1)C(=O)O. The van der Waals surface area contributed by atoms with Gasteiger partial charge >= 0.3 is 12.1 Å². The number of halogens is 1. The predicted molar refractivity (Wildman–Crippen MR) is 84.4 cm³/mol. The lowest BCUT2D eigenvalue weighted by Crippen LogP contribution is -2.44. The van der Waals surface area contributed by atoms with Crippen LogP contribution in [0.1, 0.15) is 5.56 Å². The molecule has 7 heteroatoms. The van der Waals surface area contributed by atoms with Crippen molar-refractivity contribution in [3.8, 4) is 0 Å². The number of alkyl carbamates (subject to hydrolysis) is 1. The van der Waals surface area contributed by atoms with Crippen LogP contribution in [0.25, 0.3) is 0 Å². The van der Waals surface area contributed by atoms with Crippen LogP contribution in [0.3, 0.4) is 0 Å². The van der Waals surface area contributed by atoms with Crippen molar-refractivity contribution in [2.75, 3.05) is 18.3 Å². The first kappa shape index (κ1) is 16.8. The fourth-order valence-corrected chi connectivity index (χ4v) is 3.29. The lowest BCUT2D eigenvalue weighted by atomic mass is 10.2. The zero-order valence-electron chi connectivity index (χ0n) is 11.3. The highest BCUT2D eigenvalue weighted by atomic mass is 79.9. The predicted octanol–water partition coefficient (Wildman–Crippen LogP) is 2.74. The smallest absolute Gasteiger partial charge is 0.408 e. The Kier molecular flexibility index (Phi) is 6.35. The van der Waals surface area contributed by atoms with Gasteiger partial charge in [-0.15, -0.1) is 0 Å². The molecule has 0 aliphatic carbocycles. The quantitative estimate of drug-likeness (QED) is 0.814. The molecule has 20 heavy (non-hydrogen) atoms. The van der Waals surface area contributed by atoms with Crippen molar-refractivity contribution in [2.24, 2.45) is 0 Å². The third kappa shape index (κ3) is 6.81. The highest BCUT2D eigenvalue weighted by Gasteiger charge is 2.25. The van der Waals surface area contributed by atoms with Gasteiger partial charge in [0.2, 0.25) is 0 Å². The third-order valence-electron chi connectivity index (χ3n) is 2.37. The Morgan fingerprint density at radius 3 is 2.45 bits per heavy atom. The average Bonchev–Trinajstić information content (AvgIpc) is 2.35. The Bertz CT molecular complexity index is 461. The number of carbonyl (C=O) groups excluding carboxylic acids is 1. The first-order valence-corrected chi connectivity index (χ1v) is 10.3. The summed E-state index contributed by atoms with van der Waals surface area (Å²) < 4.78 is 5.00. The Morgan fingerprint density at radius 1 is 1.35 bits per heavy atom. The maximum atomic E-state index is 11.6. The fraction of sp³-hybridized carbons (Fsp3) is 0.385. The van der Waals surface area contributed by atoms with Crippen molar-refractivity contribution < 1.29 is 19.4 Å². The molecule has 0 radical (unpaired) electrons. The third-order valence-corrected chi connectivity index (χ3v) is 4.28. The van der Waals surface area contributed by atoms with Crippen molar-refractivity contribution in [1.82, 2.24) is 5.32 Å². The fourth-order valence-electron chi connectivity index (χ4n) is 1.48. The van der Waals surface area contributed by atoms with Gasteiger partial charge in [-0.2, -0.15) is 8.46 Å². The van der Waals surface area contributed by atoms with Crippen LogP contribution in [0.15, 0.2) is 30.3 Å².